The Labute approximate surface area is 197 Å². The summed E-state index contributed by atoms with van der Waals surface area (Å²) in [7, 11) is 0. The minimum atomic E-state index is -0.520. The first kappa shape index (κ1) is 27.1. The molecule has 2 fully saturated rings. The van der Waals surface area contributed by atoms with Crippen molar-refractivity contribution >= 4 is 17.9 Å². The van der Waals surface area contributed by atoms with Crippen LogP contribution in [0.2, 0.25) is 0 Å². The number of hydrogen-bond donors (Lipinski definition) is 1. The van der Waals surface area contributed by atoms with E-state index >= 15 is 0 Å². The molecule has 0 amide bonds. The zero-order valence-corrected chi connectivity index (χ0v) is 20.9. The Balaban J connectivity index is 2.35. The molecule has 0 saturated heterocycles. The summed E-state index contributed by atoms with van der Waals surface area (Å²) >= 11 is 0. The van der Waals surface area contributed by atoms with Crippen LogP contribution >= 0.6 is 0 Å². The molecule has 0 spiro atoms. The molecule has 0 aromatic rings. The molecule has 2 aliphatic carbocycles. The molecule has 0 heterocycles. The van der Waals surface area contributed by atoms with Crippen LogP contribution in [0, 0.1) is 22.7 Å². The minimum absolute atomic E-state index is 0.00396. The monoisotopic (exact) mass is 464 g/mol. The third kappa shape index (κ3) is 6.69. The van der Waals surface area contributed by atoms with E-state index in [0.29, 0.717) is 19.3 Å². The van der Waals surface area contributed by atoms with E-state index in [1.165, 1.54) is 20.8 Å². The van der Waals surface area contributed by atoms with E-state index in [1.807, 2.05) is 13.0 Å². The Kier molecular flexibility index (Phi) is 8.91. The highest BCUT2D eigenvalue weighted by atomic mass is 16.5. The molecule has 2 saturated carbocycles. The summed E-state index contributed by atoms with van der Waals surface area (Å²) in [4.78, 5) is 34.4. The van der Waals surface area contributed by atoms with Gasteiger partial charge in [-0.05, 0) is 67.9 Å². The van der Waals surface area contributed by atoms with E-state index in [2.05, 4.69) is 20.4 Å². The van der Waals surface area contributed by atoms with Crippen LogP contribution in [0.1, 0.15) is 73.6 Å². The number of carbonyl (C=O) groups excluding carboxylic acids is 3. The fraction of sp³-hybridized carbons (Fsp3) is 0.731. The number of esters is 3. The molecule has 0 bridgehead atoms. The topological polar surface area (TPSA) is 99.1 Å². The van der Waals surface area contributed by atoms with E-state index in [-0.39, 0.29) is 48.4 Å². The summed E-state index contributed by atoms with van der Waals surface area (Å²) in [5.41, 5.74) is 1.23. The Morgan fingerprint density at radius 1 is 1.06 bits per heavy atom. The number of aliphatic hydroxyl groups is 1. The van der Waals surface area contributed by atoms with Crippen molar-refractivity contribution in [1.82, 2.24) is 0 Å². The third-order valence-corrected chi connectivity index (χ3v) is 7.58. The van der Waals surface area contributed by atoms with Crippen molar-refractivity contribution in [3.8, 4) is 0 Å². The van der Waals surface area contributed by atoms with Gasteiger partial charge in [-0.3, -0.25) is 14.4 Å². The average Bonchev–Trinajstić information content (AvgIpc) is 2.67. The largest absolute Gasteiger partial charge is 0.465 e. The average molecular weight is 465 g/mol. The van der Waals surface area contributed by atoms with Crippen LogP contribution in [0.5, 0.6) is 0 Å². The highest BCUT2D eigenvalue weighted by Gasteiger charge is 2.59. The lowest BCUT2D eigenvalue weighted by molar-refractivity contribution is -0.174. The number of rotatable bonds is 8. The molecule has 1 N–H and O–H groups in total. The van der Waals surface area contributed by atoms with Gasteiger partial charge in [0.2, 0.25) is 0 Å². The summed E-state index contributed by atoms with van der Waals surface area (Å²) in [6, 6.07) is 0. The van der Waals surface area contributed by atoms with E-state index < -0.39 is 17.6 Å². The second-order valence-electron chi connectivity index (χ2n) is 10.4. The maximum absolute atomic E-state index is 11.8. The zero-order chi connectivity index (χ0) is 25.0. The number of carbonyl (C=O) groups is 3. The maximum atomic E-state index is 11.8. The van der Waals surface area contributed by atoms with Crippen molar-refractivity contribution in [1.29, 1.82) is 0 Å². The van der Waals surface area contributed by atoms with E-state index in [0.717, 1.165) is 24.0 Å². The lowest BCUT2D eigenvalue weighted by atomic mass is 9.45. The molecule has 6 atom stereocenters. The molecule has 186 valence electrons. The molecular weight excluding hydrogens is 424 g/mol. The van der Waals surface area contributed by atoms with Crippen molar-refractivity contribution in [2.45, 2.75) is 85.9 Å². The van der Waals surface area contributed by atoms with Crippen LogP contribution in [0.25, 0.3) is 0 Å². The molecule has 0 radical (unpaired) electrons. The summed E-state index contributed by atoms with van der Waals surface area (Å²) in [6.45, 7) is 15.2. The molecule has 7 heteroatoms. The third-order valence-electron chi connectivity index (χ3n) is 7.58. The van der Waals surface area contributed by atoms with Gasteiger partial charge in [-0.1, -0.05) is 26.0 Å². The summed E-state index contributed by atoms with van der Waals surface area (Å²) < 4.78 is 16.1. The Morgan fingerprint density at radius 2 is 1.70 bits per heavy atom. The number of hydrogen-bond acceptors (Lipinski definition) is 7. The Bertz CT molecular complexity index is 800. The molecular formula is C26H40O7. The number of allylic oxidation sites excluding steroid dienone is 1. The second kappa shape index (κ2) is 10.9. The number of ether oxygens (including phenoxy) is 3. The SMILES string of the molecule is C=C1C(CC/C(C)=C\COC(C)=O)[C@@]2(C)C[C@@H](O)C[C@](C)(COC(C)=O)C2C[C@H]1OC(C)=O. The molecule has 2 aliphatic rings. The molecule has 7 nitrogen and oxygen atoms in total. The van der Waals surface area contributed by atoms with Crippen LogP contribution < -0.4 is 0 Å². The Morgan fingerprint density at radius 3 is 2.27 bits per heavy atom. The second-order valence-corrected chi connectivity index (χ2v) is 10.4. The molecule has 0 aliphatic heterocycles. The van der Waals surface area contributed by atoms with Crippen LogP contribution in [-0.2, 0) is 28.6 Å². The maximum Gasteiger partial charge on any atom is 0.303 e. The minimum Gasteiger partial charge on any atom is -0.465 e. The van der Waals surface area contributed by atoms with Crippen molar-refractivity contribution in [3.63, 3.8) is 0 Å². The van der Waals surface area contributed by atoms with E-state index in [9.17, 15) is 19.5 Å². The standard InChI is InChI=1S/C26H40O7/c1-16(10-11-31-18(3)27)8-9-22-17(2)23(33-20(5)29)12-24-25(6,15-32-19(4)28)13-21(30)14-26(22,24)7/h10,21-24,30H,2,8-9,11-15H2,1,3-7H3/b16-10-/t21-,22?,23+,24?,25+,26+/m0/s1. The molecule has 2 rings (SSSR count). The highest BCUT2D eigenvalue weighted by Crippen LogP contribution is 2.62. The van der Waals surface area contributed by atoms with E-state index in [4.69, 9.17) is 14.2 Å². The summed E-state index contributed by atoms with van der Waals surface area (Å²) in [5, 5.41) is 10.9. The van der Waals surface area contributed by atoms with Crippen molar-refractivity contribution in [3.05, 3.63) is 23.8 Å². The summed E-state index contributed by atoms with van der Waals surface area (Å²) in [6.07, 6.45) is 4.22. The van der Waals surface area contributed by atoms with Gasteiger partial charge < -0.3 is 19.3 Å². The lowest BCUT2D eigenvalue weighted by Gasteiger charge is -2.60. The smallest absolute Gasteiger partial charge is 0.303 e. The molecule has 33 heavy (non-hydrogen) atoms. The van der Waals surface area contributed by atoms with Crippen molar-refractivity contribution in [2.24, 2.45) is 22.7 Å². The zero-order valence-electron chi connectivity index (χ0n) is 20.9. The summed E-state index contributed by atoms with van der Waals surface area (Å²) in [5.74, 6) is -0.942. The normalized spacial score (nSPS) is 34.3. The van der Waals surface area contributed by atoms with E-state index in [1.54, 1.807) is 0 Å². The van der Waals surface area contributed by atoms with Crippen molar-refractivity contribution in [2.75, 3.05) is 13.2 Å². The predicted molar refractivity (Wildman–Crippen MR) is 124 cm³/mol. The Hall–Kier alpha value is -2.15. The van der Waals surface area contributed by atoms with Crippen LogP contribution in [0.15, 0.2) is 23.8 Å². The molecule has 0 aromatic carbocycles. The molecule has 0 aromatic heterocycles. The van der Waals surface area contributed by atoms with Gasteiger partial charge in [0.25, 0.3) is 0 Å². The van der Waals surface area contributed by atoms with Crippen LogP contribution in [-0.4, -0.2) is 48.4 Å². The first-order chi connectivity index (χ1) is 15.3. The van der Waals surface area contributed by atoms with Gasteiger partial charge in [-0.25, -0.2) is 0 Å². The van der Waals surface area contributed by atoms with Crippen LogP contribution in [0.3, 0.4) is 0 Å². The molecule has 2 unspecified atom stereocenters. The first-order valence-electron chi connectivity index (χ1n) is 11.7. The van der Waals surface area contributed by atoms with Gasteiger partial charge >= 0.3 is 17.9 Å². The van der Waals surface area contributed by atoms with Gasteiger partial charge in [-0.2, -0.15) is 0 Å². The van der Waals surface area contributed by atoms with Crippen molar-refractivity contribution < 1.29 is 33.7 Å². The highest BCUT2D eigenvalue weighted by molar-refractivity contribution is 5.67. The van der Waals surface area contributed by atoms with Gasteiger partial charge in [0.1, 0.15) is 12.7 Å². The fourth-order valence-electron chi connectivity index (χ4n) is 6.19. The quantitative estimate of drug-likeness (QED) is 0.327. The number of aliphatic hydroxyl groups excluding tert-OH is 1. The van der Waals surface area contributed by atoms with Gasteiger partial charge in [0.15, 0.2) is 0 Å². The van der Waals surface area contributed by atoms with Crippen LogP contribution in [0.4, 0.5) is 0 Å². The van der Waals surface area contributed by atoms with Gasteiger partial charge in [0.05, 0.1) is 12.7 Å². The first-order valence-corrected chi connectivity index (χ1v) is 11.7. The van der Waals surface area contributed by atoms with Gasteiger partial charge in [-0.15, -0.1) is 0 Å². The predicted octanol–water partition coefficient (Wildman–Crippen LogP) is 4.13. The lowest BCUT2D eigenvalue weighted by Crippen LogP contribution is -2.58. The fourth-order valence-corrected chi connectivity index (χ4v) is 6.19. The van der Waals surface area contributed by atoms with Gasteiger partial charge in [0, 0.05) is 26.2 Å². The number of fused-ring (bicyclic) bond motifs is 1.